The van der Waals surface area contributed by atoms with Gasteiger partial charge in [0, 0.05) is 18.9 Å². The predicted molar refractivity (Wildman–Crippen MR) is 103 cm³/mol. The third-order valence-electron chi connectivity index (χ3n) is 5.41. The van der Waals surface area contributed by atoms with Crippen molar-refractivity contribution in [2.75, 3.05) is 26.3 Å². The summed E-state index contributed by atoms with van der Waals surface area (Å²) in [6, 6.07) is 16.4. The van der Waals surface area contributed by atoms with Crippen LogP contribution in [0.4, 0.5) is 4.79 Å². The Morgan fingerprint density at radius 2 is 1.71 bits per heavy atom. The summed E-state index contributed by atoms with van der Waals surface area (Å²) in [6.45, 7) is 1.50. The Labute approximate surface area is 163 Å². The van der Waals surface area contributed by atoms with Crippen LogP contribution in [0.15, 0.2) is 48.5 Å². The maximum Gasteiger partial charge on any atom is 0.409 e. The molecule has 0 radical (unpaired) electrons. The van der Waals surface area contributed by atoms with Crippen molar-refractivity contribution in [2.24, 2.45) is 0 Å². The van der Waals surface area contributed by atoms with Gasteiger partial charge in [0.05, 0.1) is 19.3 Å². The van der Waals surface area contributed by atoms with Crippen molar-refractivity contribution >= 4 is 12.1 Å². The quantitative estimate of drug-likeness (QED) is 0.858. The molecule has 1 saturated heterocycles. The molecule has 1 heterocycles. The molecule has 146 valence electrons. The number of amides is 1. The lowest BCUT2D eigenvalue weighted by atomic mass is 9.98. The van der Waals surface area contributed by atoms with Crippen LogP contribution in [0.25, 0.3) is 11.1 Å². The van der Waals surface area contributed by atoms with Gasteiger partial charge in [0.25, 0.3) is 0 Å². The zero-order valence-corrected chi connectivity index (χ0v) is 15.5. The van der Waals surface area contributed by atoms with Crippen molar-refractivity contribution in [3.8, 4) is 11.1 Å². The summed E-state index contributed by atoms with van der Waals surface area (Å²) >= 11 is 0. The lowest BCUT2D eigenvalue weighted by Crippen LogP contribution is -2.46. The van der Waals surface area contributed by atoms with Crippen LogP contribution in [-0.2, 0) is 14.3 Å². The summed E-state index contributed by atoms with van der Waals surface area (Å²) in [5.74, 6) is -0.831. The number of fused-ring (bicyclic) bond motifs is 3. The first kappa shape index (κ1) is 18.5. The molecule has 6 heteroatoms. The summed E-state index contributed by atoms with van der Waals surface area (Å²) in [6.07, 6.45) is -0.207. The molecule has 6 nitrogen and oxygen atoms in total. The minimum atomic E-state index is -0.859. The second-order valence-electron chi connectivity index (χ2n) is 7.18. The molecule has 1 fully saturated rings. The van der Waals surface area contributed by atoms with Crippen LogP contribution in [-0.4, -0.2) is 54.5 Å². The van der Waals surface area contributed by atoms with Crippen LogP contribution in [0.3, 0.4) is 0 Å². The predicted octanol–water partition coefficient (Wildman–Crippen LogP) is 3.50. The average Bonchev–Trinajstić information content (AvgIpc) is 3.04. The highest BCUT2D eigenvalue weighted by Crippen LogP contribution is 2.44. The Bertz CT molecular complexity index is 835. The molecule has 0 saturated carbocycles. The molecule has 0 bridgehead atoms. The number of hydrogen-bond acceptors (Lipinski definition) is 4. The smallest absolute Gasteiger partial charge is 0.409 e. The molecule has 1 aliphatic heterocycles. The number of morpholine rings is 1. The Balaban J connectivity index is 1.40. The van der Waals surface area contributed by atoms with E-state index in [0.717, 1.165) is 0 Å². The fraction of sp³-hybridized carbons (Fsp3) is 0.364. The third-order valence-corrected chi connectivity index (χ3v) is 5.41. The summed E-state index contributed by atoms with van der Waals surface area (Å²) in [4.78, 5) is 25.0. The second-order valence-corrected chi connectivity index (χ2v) is 7.18. The Kier molecular flexibility index (Phi) is 5.30. The standard InChI is InChI=1S/C22H23NO5/c24-21(25)10-9-15-13-23(11-12-27-15)22(26)28-14-20-18-7-3-1-5-16(18)17-6-2-4-8-19(17)20/h1-8,15,20H,9-14H2,(H,24,25). The second kappa shape index (κ2) is 8.02. The number of hydrogen-bond donors (Lipinski definition) is 1. The van der Waals surface area contributed by atoms with Crippen molar-refractivity contribution in [1.82, 2.24) is 4.90 Å². The highest BCUT2D eigenvalue weighted by atomic mass is 16.6. The first-order valence-corrected chi connectivity index (χ1v) is 9.57. The van der Waals surface area contributed by atoms with Crippen LogP contribution in [0.1, 0.15) is 29.9 Å². The minimum absolute atomic E-state index is 0.0280. The summed E-state index contributed by atoms with van der Waals surface area (Å²) in [7, 11) is 0. The van der Waals surface area contributed by atoms with Gasteiger partial charge in [-0.2, -0.15) is 0 Å². The largest absolute Gasteiger partial charge is 0.481 e. The fourth-order valence-electron chi connectivity index (χ4n) is 4.03. The number of nitrogens with zero attached hydrogens (tertiary/aromatic N) is 1. The molecule has 1 aliphatic carbocycles. The number of carboxylic acids is 1. The van der Waals surface area contributed by atoms with E-state index in [4.69, 9.17) is 14.6 Å². The number of aliphatic carboxylic acids is 1. The van der Waals surface area contributed by atoms with Crippen molar-refractivity contribution < 1.29 is 24.2 Å². The van der Waals surface area contributed by atoms with Crippen LogP contribution in [0.5, 0.6) is 0 Å². The molecule has 28 heavy (non-hydrogen) atoms. The highest BCUT2D eigenvalue weighted by molar-refractivity contribution is 5.79. The molecular weight excluding hydrogens is 358 g/mol. The van der Waals surface area contributed by atoms with E-state index >= 15 is 0 Å². The highest BCUT2D eigenvalue weighted by Gasteiger charge is 2.31. The molecule has 1 atom stereocenters. The first-order chi connectivity index (χ1) is 13.6. The van der Waals surface area contributed by atoms with E-state index < -0.39 is 5.97 Å². The van der Waals surface area contributed by atoms with E-state index in [1.54, 1.807) is 4.90 Å². The average molecular weight is 381 g/mol. The van der Waals surface area contributed by atoms with Crippen LogP contribution in [0, 0.1) is 0 Å². The van der Waals surface area contributed by atoms with Gasteiger partial charge in [-0.3, -0.25) is 4.79 Å². The number of carbonyl (C=O) groups is 2. The van der Waals surface area contributed by atoms with Gasteiger partial charge in [-0.15, -0.1) is 0 Å². The SMILES string of the molecule is O=C(O)CCC1CN(C(=O)OCC2c3ccccc3-c3ccccc32)CCO1. The van der Waals surface area contributed by atoms with Gasteiger partial charge < -0.3 is 19.5 Å². The maximum atomic E-state index is 12.6. The van der Waals surface area contributed by atoms with Crippen molar-refractivity contribution in [3.05, 3.63) is 59.7 Å². The number of ether oxygens (including phenoxy) is 2. The monoisotopic (exact) mass is 381 g/mol. The maximum absolute atomic E-state index is 12.6. The molecule has 2 aromatic carbocycles. The molecule has 0 spiro atoms. The lowest BCUT2D eigenvalue weighted by molar-refractivity contribution is -0.138. The van der Waals surface area contributed by atoms with E-state index in [0.29, 0.717) is 26.1 Å². The molecule has 2 aliphatic rings. The van der Waals surface area contributed by atoms with Crippen molar-refractivity contribution in [2.45, 2.75) is 24.9 Å². The third kappa shape index (κ3) is 3.73. The van der Waals surface area contributed by atoms with Gasteiger partial charge in [-0.25, -0.2) is 4.79 Å². The van der Waals surface area contributed by atoms with Gasteiger partial charge in [0.15, 0.2) is 0 Å². The molecule has 2 aromatic rings. The van der Waals surface area contributed by atoms with E-state index in [1.807, 2.05) is 24.3 Å². The summed E-state index contributed by atoms with van der Waals surface area (Å²) in [5.41, 5.74) is 4.74. The zero-order valence-electron chi connectivity index (χ0n) is 15.5. The van der Waals surface area contributed by atoms with Crippen LogP contribution in [0.2, 0.25) is 0 Å². The van der Waals surface area contributed by atoms with E-state index in [1.165, 1.54) is 22.3 Å². The fourth-order valence-corrected chi connectivity index (χ4v) is 4.03. The number of carboxylic acid groups (broad SMARTS) is 1. The molecule has 1 amide bonds. The van der Waals surface area contributed by atoms with E-state index in [9.17, 15) is 9.59 Å². The molecule has 0 aromatic heterocycles. The molecule has 4 rings (SSSR count). The van der Waals surface area contributed by atoms with Gasteiger partial charge in [0.1, 0.15) is 6.61 Å². The van der Waals surface area contributed by atoms with Gasteiger partial charge in [0.2, 0.25) is 0 Å². The first-order valence-electron chi connectivity index (χ1n) is 9.57. The van der Waals surface area contributed by atoms with Gasteiger partial charge >= 0.3 is 12.1 Å². The van der Waals surface area contributed by atoms with Gasteiger partial charge in [-0.05, 0) is 28.7 Å². The summed E-state index contributed by atoms with van der Waals surface area (Å²) in [5, 5.41) is 8.82. The van der Waals surface area contributed by atoms with Crippen molar-refractivity contribution in [3.63, 3.8) is 0 Å². The Morgan fingerprint density at radius 1 is 1.07 bits per heavy atom. The zero-order chi connectivity index (χ0) is 19.5. The Morgan fingerprint density at radius 3 is 2.36 bits per heavy atom. The number of benzene rings is 2. The molecule has 1 N–H and O–H groups in total. The minimum Gasteiger partial charge on any atom is -0.481 e. The molecular formula is C22H23NO5. The lowest BCUT2D eigenvalue weighted by Gasteiger charge is -2.32. The van der Waals surface area contributed by atoms with Crippen LogP contribution >= 0.6 is 0 Å². The topological polar surface area (TPSA) is 76.1 Å². The van der Waals surface area contributed by atoms with E-state index in [2.05, 4.69) is 24.3 Å². The number of carbonyl (C=O) groups excluding carboxylic acids is 1. The van der Waals surface area contributed by atoms with E-state index in [-0.39, 0.29) is 31.1 Å². The van der Waals surface area contributed by atoms with Crippen LogP contribution < -0.4 is 0 Å². The van der Waals surface area contributed by atoms with Gasteiger partial charge in [-0.1, -0.05) is 48.5 Å². The molecule has 1 unspecified atom stereocenters. The summed E-state index contributed by atoms with van der Waals surface area (Å²) < 4.78 is 11.2. The normalized spacial score (nSPS) is 18.4. The Hall–Kier alpha value is -2.86. The number of rotatable bonds is 5. The van der Waals surface area contributed by atoms with Crippen molar-refractivity contribution in [1.29, 1.82) is 0 Å².